The third-order valence-electron chi connectivity index (χ3n) is 5.04. The Hall–Kier alpha value is -3.59. The zero-order chi connectivity index (χ0) is 22.7. The highest BCUT2D eigenvalue weighted by Gasteiger charge is 2.14. The number of aryl methyl sites for hydroxylation is 2. The van der Waals surface area contributed by atoms with E-state index in [0.29, 0.717) is 27.9 Å². The average Bonchev–Trinajstić information content (AvgIpc) is 3.24. The van der Waals surface area contributed by atoms with Crippen molar-refractivity contribution in [1.29, 1.82) is 0 Å². The molecule has 2 heterocycles. The van der Waals surface area contributed by atoms with Crippen LogP contribution in [0.25, 0.3) is 16.7 Å². The highest BCUT2D eigenvalue weighted by molar-refractivity contribution is 8.00. The number of carbonyl (C=O) groups is 1. The Morgan fingerprint density at radius 3 is 2.47 bits per heavy atom. The maximum absolute atomic E-state index is 12.5. The lowest BCUT2D eigenvalue weighted by Gasteiger charge is -2.10. The van der Waals surface area contributed by atoms with Crippen molar-refractivity contribution in [2.75, 3.05) is 25.3 Å². The summed E-state index contributed by atoms with van der Waals surface area (Å²) in [5.74, 6) is 1.21. The first-order chi connectivity index (χ1) is 15.5. The van der Waals surface area contributed by atoms with Crippen LogP contribution in [0, 0.1) is 13.8 Å². The Balaban J connectivity index is 1.51. The van der Waals surface area contributed by atoms with Crippen LogP contribution in [0.3, 0.4) is 0 Å². The average molecular weight is 450 g/mol. The number of rotatable bonds is 7. The van der Waals surface area contributed by atoms with Gasteiger partial charge in [0.15, 0.2) is 5.65 Å². The smallest absolute Gasteiger partial charge is 0.234 e. The number of nitrogens with zero attached hydrogens (tertiary/aromatic N) is 4. The zero-order valence-corrected chi connectivity index (χ0v) is 19.1. The van der Waals surface area contributed by atoms with E-state index in [-0.39, 0.29) is 11.7 Å². The number of hydrogen-bond acceptors (Lipinski definition) is 7. The molecule has 0 aliphatic heterocycles. The van der Waals surface area contributed by atoms with Crippen LogP contribution in [0.5, 0.6) is 11.5 Å². The van der Waals surface area contributed by atoms with Crippen LogP contribution in [0.4, 0.5) is 5.69 Å². The largest absolute Gasteiger partial charge is 0.497 e. The third-order valence-corrected chi connectivity index (χ3v) is 6.04. The molecule has 4 aromatic rings. The number of ether oxygens (including phenoxy) is 2. The lowest BCUT2D eigenvalue weighted by atomic mass is 10.1. The van der Waals surface area contributed by atoms with Crippen LogP contribution in [0.2, 0.25) is 0 Å². The van der Waals surface area contributed by atoms with Crippen molar-refractivity contribution in [2.24, 2.45) is 0 Å². The Morgan fingerprint density at radius 1 is 1.03 bits per heavy atom. The Morgan fingerprint density at radius 2 is 1.78 bits per heavy atom. The summed E-state index contributed by atoms with van der Waals surface area (Å²) in [4.78, 5) is 21.3. The van der Waals surface area contributed by atoms with Gasteiger partial charge < -0.3 is 14.8 Å². The molecule has 2 aromatic carbocycles. The van der Waals surface area contributed by atoms with Crippen LogP contribution >= 0.6 is 11.8 Å². The van der Waals surface area contributed by atoms with Gasteiger partial charge in [-0.2, -0.15) is 5.10 Å². The molecule has 0 aliphatic carbocycles. The molecule has 1 amide bonds. The number of nitrogens with one attached hydrogen (secondary N) is 1. The first-order valence-electron chi connectivity index (χ1n) is 9.90. The van der Waals surface area contributed by atoms with Crippen LogP contribution < -0.4 is 14.8 Å². The normalized spacial score (nSPS) is 10.9. The molecule has 0 saturated heterocycles. The van der Waals surface area contributed by atoms with E-state index in [4.69, 9.17) is 9.47 Å². The summed E-state index contributed by atoms with van der Waals surface area (Å²) < 4.78 is 12.3. The monoisotopic (exact) mass is 449 g/mol. The molecule has 9 heteroatoms. The molecule has 0 radical (unpaired) electrons. The fourth-order valence-electron chi connectivity index (χ4n) is 3.19. The van der Waals surface area contributed by atoms with Gasteiger partial charge in [-0.3, -0.25) is 4.79 Å². The topological polar surface area (TPSA) is 91.2 Å². The minimum atomic E-state index is -0.168. The standard InChI is InChI=1S/C23H23N5O3S/c1-14-5-6-17(7-15(14)2)28-22-20(11-26-28)23(25-13-24-22)32-12-21(29)27-16-8-18(30-3)10-19(9-16)31-4/h5-11,13H,12H2,1-4H3,(H,27,29). The fraction of sp³-hybridized carbons (Fsp3) is 0.217. The fourth-order valence-corrected chi connectivity index (χ4v) is 3.96. The van der Waals surface area contributed by atoms with Crippen LogP contribution in [-0.2, 0) is 4.79 Å². The van der Waals surface area contributed by atoms with Gasteiger partial charge in [-0.1, -0.05) is 17.8 Å². The number of benzene rings is 2. The van der Waals surface area contributed by atoms with Crippen molar-refractivity contribution in [3.63, 3.8) is 0 Å². The first-order valence-corrected chi connectivity index (χ1v) is 10.9. The van der Waals surface area contributed by atoms with Gasteiger partial charge in [0.25, 0.3) is 0 Å². The number of aromatic nitrogens is 4. The number of methoxy groups -OCH3 is 2. The van der Waals surface area contributed by atoms with Crippen LogP contribution in [0.15, 0.2) is 53.9 Å². The predicted octanol–water partition coefficient (Wildman–Crippen LogP) is 4.18. The summed E-state index contributed by atoms with van der Waals surface area (Å²) in [7, 11) is 3.13. The zero-order valence-electron chi connectivity index (χ0n) is 18.2. The number of amides is 1. The summed E-state index contributed by atoms with van der Waals surface area (Å²) in [5, 5.41) is 8.87. The lowest BCUT2D eigenvalue weighted by Crippen LogP contribution is -2.14. The first kappa shape index (κ1) is 21.6. The van der Waals surface area contributed by atoms with E-state index < -0.39 is 0 Å². The molecule has 0 unspecified atom stereocenters. The second-order valence-corrected chi connectivity index (χ2v) is 8.14. The van der Waals surface area contributed by atoms with Crippen LogP contribution in [-0.4, -0.2) is 45.6 Å². The summed E-state index contributed by atoms with van der Waals surface area (Å²) in [5.41, 5.74) is 4.63. The van der Waals surface area contributed by atoms with Gasteiger partial charge in [-0.15, -0.1) is 0 Å². The second kappa shape index (κ2) is 9.27. The third kappa shape index (κ3) is 4.52. The Labute approximate surface area is 190 Å². The summed E-state index contributed by atoms with van der Waals surface area (Å²) in [6.45, 7) is 4.14. The van der Waals surface area contributed by atoms with E-state index in [1.165, 1.54) is 29.2 Å². The Bertz CT molecular complexity index is 1270. The molecule has 2 aromatic heterocycles. The SMILES string of the molecule is COc1cc(NC(=O)CSc2ncnc3c2cnn3-c2ccc(C)c(C)c2)cc(OC)c1. The molecule has 1 N–H and O–H groups in total. The molecular formula is C23H23N5O3S. The van der Waals surface area contributed by atoms with E-state index in [1.54, 1.807) is 43.3 Å². The molecule has 0 saturated carbocycles. The van der Waals surface area contributed by atoms with Crippen molar-refractivity contribution in [3.8, 4) is 17.2 Å². The summed E-state index contributed by atoms with van der Waals surface area (Å²) in [6, 6.07) is 11.4. The molecule has 0 fully saturated rings. The highest BCUT2D eigenvalue weighted by atomic mass is 32.2. The van der Waals surface area contributed by atoms with Gasteiger partial charge in [-0.25, -0.2) is 14.6 Å². The number of anilines is 1. The molecule has 0 aliphatic rings. The highest BCUT2D eigenvalue weighted by Crippen LogP contribution is 2.28. The molecule has 0 atom stereocenters. The number of carbonyl (C=O) groups excluding carboxylic acids is 1. The molecule has 8 nitrogen and oxygen atoms in total. The lowest BCUT2D eigenvalue weighted by molar-refractivity contribution is -0.113. The minimum Gasteiger partial charge on any atom is -0.497 e. The molecule has 0 spiro atoms. The number of thioether (sulfide) groups is 1. The minimum absolute atomic E-state index is 0.168. The van der Waals surface area contributed by atoms with Gasteiger partial charge >= 0.3 is 0 Å². The van der Waals surface area contributed by atoms with Gasteiger partial charge in [0.2, 0.25) is 5.91 Å². The molecule has 32 heavy (non-hydrogen) atoms. The van der Waals surface area contributed by atoms with Gasteiger partial charge in [-0.05, 0) is 37.1 Å². The van der Waals surface area contributed by atoms with Gasteiger partial charge in [0, 0.05) is 23.9 Å². The van der Waals surface area contributed by atoms with Gasteiger partial charge in [0.1, 0.15) is 22.9 Å². The Kier molecular flexibility index (Phi) is 6.27. The molecule has 4 rings (SSSR count). The summed E-state index contributed by atoms with van der Waals surface area (Å²) >= 11 is 1.33. The van der Waals surface area contributed by atoms with Gasteiger partial charge in [0.05, 0.1) is 37.2 Å². The van der Waals surface area contributed by atoms with E-state index in [9.17, 15) is 4.79 Å². The van der Waals surface area contributed by atoms with Crippen LogP contribution in [0.1, 0.15) is 11.1 Å². The van der Waals surface area contributed by atoms with Crippen molar-refractivity contribution < 1.29 is 14.3 Å². The number of hydrogen-bond donors (Lipinski definition) is 1. The van der Waals surface area contributed by atoms with E-state index in [2.05, 4.69) is 46.4 Å². The van der Waals surface area contributed by atoms with E-state index in [1.807, 2.05) is 6.07 Å². The number of fused-ring (bicyclic) bond motifs is 1. The van der Waals surface area contributed by atoms with E-state index in [0.717, 1.165) is 11.1 Å². The van der Waals surface area contributed by atoms with Crippen molar-refractivity contribution >= 4 is 34.4 Å². The van der Waals surface area contributed by atoms with Crippen molar-refractivity contribution in [1.82, 2.24) is 19.7 Å². The molecular weight excluding hydrogens is 426 g/mol. The maximum Gasteiger partial charge on any atom is 0.234 e. The van der Waals surface area contributed by atoms with E-state index >= 15 is 0 Å². The maximum atomic E-state index is 12.5. The van der Waals surface area contributed by atoms with Crippen molar-refractivity contribution in [2.45, 2.75) is 18.9 Å². The predicted molar refractivity (Wildman–Crippen MR) is 125 cm³/mol. The van der Waals surface area contributed by atoms with Crippen molar-refractivity contribution in [3.05, 3.63) is 60.0 Å². The molecule has 164 valence electrons. The quantitative estimate of drug-likeness (QED) is 0.334. The second-order valence-electron chi connectivity index (χ2n) is 7.18. The summed E-state index contributed by atoms with van der Waals surface area (Å²) in [6.07, 6.45) is 3.23. The molecule has 0 bridgehead atoms.